The Balaban J connectivity index is 1.42. The van der Waals surface area contributed by atoms with Gasteiger partial charge in [0.2, 0.25) is 0 Å². The van der Waals surface area contributed by atoms with Crippen molar-refractivity contribution in [1.29, 1.82) is 0 Å². The summed E-state index contributed by atoms with van der Waals surface area (Å²) in [5.74, 6) is 2.52. The van der Waals surface area contributed by atoms with Crippen molar-refractivity contribution in [2.45, 2.75) is 53.2 Å². The van der Waals surface area contributed by atoms with Crippen molar-refractivity contribution in [2.24, 2.45) is 16.3 Å². The Labute approximate surface area is 259 Å². The number of carbonyl (C=O) groups excluding carboxylic acids is 1. The van der Waals surface area contributed by atoms with Crippen LogP contribution in [0.15, 0.2) is 70.3 Å². The zero-order chi connectivity index (χ0) is 29.0. The second-order valence-corrected chi connectivity index (χ2v) is 13.6. The highest BCUT2D eigenvalue weighted by molar-refractivity contribution is 14.1. The van der Waals surface area contributed by atoms with Crippen LogP contribution in [0.25, 0.3) is 0 Å². The van der Waals surface area contributed by atoms with E-state index in [1.165, 1.54) is 4.88 Å². The summed E-state index contributed by atoms with van der Waals surface area (Å²) >= 11 is 3.90. The first-order chi connectivity index (χ1) is 19.7. The number of fused-ring (bicyclic) bond motifs is 1. The molecule has 2 aromatic carbocycles. The van der Waals surface area contributed by atoms with E-state index in [0.717, 1.165) is 50.3 Å². The van der Waals surface area contributed by atoms with Crippen molar-refractivity contribution in [3.8, 4) is 11.5 Å². The number of aliphatic imine (C=N–C) groups is 1. The summed E-state index contributed by atoms with van der Waals surface area (Å²) in [5.41, 5.74) is 3.99. The Morgan fingerprint density at radius 3 is 2.71 bits per heavy atom. The number of ether oxygens (including phenoxy) is 2. The molecule has 5 rings (SSSR count). The van der Waals surface area contributed by atoms with Crippen LogP contribution in [-0.4, -0.2) is 19.2 Å². The van der Waals surface area contributed by atoms with Crippen LogP contribution in [-0.2, 0) is 26.0 Å². The zero-order valence-corrected chi connectivity index (χ0v) is 26.8. The second-order valence-electron chi connectivity index (χ2n) is 11.3. The quantitative estimate of drug-likeness (QED) is 0.142. The molecular weight excluding hydrogens is 647 g/mol. The lowest BCUT2D eigenvalue weighted by Gasteiger charge is -2.33. The summed E-state index contributed by atoms with van der Waals surface area (Å²) in [5, 5.41) is 3.78. The van der Waals surface area contributed by atoms with E-state index in [-0.39, 0.29) is 11.3 Å². The summed E-state index contributed by atoms with van der Waals surface area (Å²) < 4.78 is 18.2. The fourth-order valence-corrected chi connectivity index (χ4v) is 7.17. The maximum atomic E-state index is 13.5. The number of methoxy groups -OCH3 is 1. The van der Waals surface area contributed by atoms with Gasteiger partial charge in [-0.05, 0) is 94.1 Å². The van der Waals surface area contributed by atoms with Gasteiger partial charge < -0.3 is 19.2 Å². The first kappa shape index (κ1) is 29.4. The summed E-state index contributed by atoms with van der Waals surface area (Å²) in [6.45, 7) is 7.69. The molecule has 2 heterocycles. The third-order valence-electron chi connectivity index (χ3n) is 7.51. The summed E-state index contributed by atoms with van der Waals surface area (Å²) in [4.78, 5) is 19.7. The molecule has 1 atom stereocenters. The molecule has 1 aliphatic rings. The van der Waals surface area contributed by atoms with E-state index in [2.05, 4.69) is 48.7 Å². The predicted molar refractivity (Wildman–Crippen MR) is 173 cm³/mol. The Bertz CT molecular complexity index is 1520. The minimum atomic E-state index is -0.114. The Morgan fingerprint density at radius 2 is 2.00 bits per heavy atom. The van der Waals surface area contributed by atoms with Gasteiger partial charge in [-0.3, -0.25) is 4.79 Å². The Kier molecular flexibility index (Phi) is 9.19. The predicted octanol–water partition coefficient (Wildman–Crippen LogP) is 8.36. The molecule has 8 heteroatoms. The molecule has 0 spiro atoms. The fourth-order valence-electron chi connectivity index (χ4n) is 5.12. The number of hydrogen-bond acceptors (Lipinski definition) is 6. The molecule has 0 aliphatic heterocycles. The Morgan fingerprint density at radius 1 is 1.20 bits per heavy atom. The summed E-state index contributed by atoms with van der Waals surface area (Å²) in [6.07, 6.45) is 6.34. The average Bonchev–Trinajstić information content (AvgIpc) is 3.61. The van der Waals surface area contributed by atoms with Gasteiger partial charge in [0.05, 0.1) is 29.1 Å². The zero-order valence-electron chi connectivity index (χ0n) is 23.8. The number of thiophene rings is 1. The molecule has 2 aromatic heterocycles. The van der Waals surface area contributed by atoms with Crippen LogP contribution < -0.4 is 14.8 Å². The van der Waals surface area contributed by atoms with Crippen molar-refractivity contribution in [3.63, 3.8) is 0 Å². The van der Waals surface area contributed by atoms with Crippen molar-refractivity contribution in [3.05, 3.63) is 97.3 Å². The van der Waals surface area contributed by atoms with Gasteiger partial charge in [0.25, 0.3) is 5.91 Å². The summed E-state index contributed by atoms with van der Waals surface area (Å²) in [6, 6.07) is 17.7. The topological polar surface area (TPSA) is 73.1 Å². The van der Waals surface area contributed by atoms with Gasteiger partial charge >= 0.3 is 0 Å². The van der Waals surface area contributed by atoms with E-state index in [0.29, 0.717) is 36.1 Å². The fraction of sp³-hybridized carbons (Fsp3) is 0.333. The highest BCUT2D eigenvalue weighted by atomic mass is 127. The smallest absolute Gasteiger partial charge is 0.255 e. The van der Waals surface area contributed by atoms with Crippen molar-refractivity contribution < 1.29 is 18.7 Å². The highest BCUT2D eigenvalue weighted by Gasteiger charge is 2.33. The third kappa shape index (κ3) is 7.04. The molecule has 6 nitrogen and oxygen atoms in total. The molecule has 0 unspecified atom stereocenters. The van der Waals surface area contributed by atoms with Crippen molar-refractivity contribution in [1.82, 2.24) is 5.32 Å². The average molecular weight is 683 g/mol. The number of carbonyl (C=O) groups is 1. The molecule has 1 amide bonds. The number of halogens is 1. The SMILES string of the molecule is COc1cc(C=Nc2sc3c(c2C(=O)NCc2ccco2)CC[C@@H](C(C)(C)C)C3)cc(I)c1OCc1ccccc1. The van der Waals surface area contributed by atoms with E-state index >= 15 is 0 Å². The molecular formula is C33H35IN2O4S. The Hall–Kier alpha value is -3.11. The molecule has 214 valence electrons. The monoisotopic (exact) mass is 682 g/mol. The third-order valence-corrected chi connectivity index (χ3v) is 9.47. The molecule has 1 N–H and O–H groups in total. The first-order valence-corrected chi connectivity index (χ1v) is 15.7. The summed E-state index contributed by atoms with van der Waals surface area (Å²) in [7, 11) is 1.64. The van der Waals surface area contributed by atoms with E-state index in [1.807, 2.05) is 60.8 Å². The van der Waals surface area contributed by atoms with Gasteiger partial charge in [0.1, 0.15) is 17.4 Å². The molecule has 0 fully saturated rings. The van der Waals surface area contributed by atoms with Crippen molar-refractivity contribution >= 4 is 51.1 Å². The molecule has 1 aliphatic carbocycles. The molecule has 0 saturated carbocycles. The molecule has 0 radical (unpaired) electrons. The first-order valence-electron chi connectivity index (χ1n) is 13.8. The highest BCUT2D eigenvalue weighted by Crippen LogP contribution is 2.45. The van der Waals surface area contributed by atoms with Crippen LogP contribution in [0.3, 0.4) is 0 Å². The number of furan rings is 1. The maximum Gasteiger partial charge on any atom is 0.255 e. The van der Waals surface area contributed by atoms with Crippen LogP contribution in [0.5, 0.6) is 11.5 Å². The number of rotatable bonds is 9. The van der Waals surface area contributed by atoms with Crippen LogP contribution >= 0.6 is 33.9 Å². The van der Waals surface area contributed by atoms with Gasteiger partial charge in [-0.1, -0.05) is 51.1 Å². The lowest BCUT2D eigenvalue weighted by molar-refractivity contribution is 0.0947. The van der Waals surface area contributed by atoms with E-state index < -0.39 is 0 Å². The molecule has 4 aromatic rings. The number of nitrogens with zero attached hydrogens (tertiary/aromatic N) is 1. The molecule has 41 heavy (non-hydrogen) atoms. The number of hydrogen-bond donors (Lipinski definition) is 1. The van der Waals surface area contributed by atoms with Gasteiger partial charge in [0.15, 0.2) is 11.5 Å². The van der Waals surface area contributed by atoms with Gasteiger partial charge in [-0.15, -0.1) is 11.3 Å². The lowest BCUT2D eigenvalue weighted by atomic mass is 9.72. The van der Waals surface area contributed by atoms with Crippen LogP contribution in [0.2, 0.25) is 0 Å². The number of nitrogens with one attached hydrogen (secondary N) is 1. The van der Waals surface area contributed by atoms with Gasteiger partial charge in [-0.25, -0.2) is 4.99 Å². The van der Waals surface area contributed by atoms with E-state index in [4.69, 9.17) is 18.9 Å². The lowest BCUT2D eigenvalue weighted by Crippen LogP contribution is -2.28. The van der Waals surface area contributed by atoms with Crippen molar-refractivity contribution in [2.75, 3.05) is 7.11 Å². The van der Waals surface area contributed by atoms with Crippen LogP contribution in [0, 0.1) is 14.9 Å². The minimum Gasteiger partial charge on any atom is -0.493 e. The molecule has 0 saturated heterocycles. The standard InChI is InChI=1S/C33H35IN2O4S/c1-33(2,3)23-12-13-25-28(17-23)41-32(29(25)31(37)35-19-24-11-8-14-39-24)36-18-22-15-26(34)30(27(16-22)38-4)40-20-21-9-6-5-7-10-21/h5-11,14-16,18,23H,12-13,17,19-20H2,1-4H3,(H,35,37)/t23-/m1/s1. The molecule has 0 bridgehead atoms. The number of benzene rings is 2. The van der Waals surface area contributed by atoms with Crippen LogP contribution in [0.1, 0.15) is 64.9 Å². The van der Waals surface area contributed by atoms with E-state index in [1.54, 1.807) is 24.7 Å². The minimum absolute atomic E-state index is 0.114. The van der Waals surface area contributed by atoms with E-state index in [9.17, 15) is 4.79 Å². The largest absolute Gasteiger partial charge is 0.493 e. The van der Waals surface area contributed by atoms with Crippen LogP contribution in [0.4, 0.5) is 5.00 Å². The second kappa shape index (κ2) is 12.8. The van der Waals surface area contributed by atoms with Gasteiger partial charge in [-0.2, -0.15) is 0 Å². The maximum absolute atomic E-state index is 13.5. The number of amides is 1. The normalized spacial score (nSPS) is 15.1. The van der Waals surface area contributed by atoms with Gasteiger partial charge in [0, 0.05) is 11.1 Å².